The number of amides is 2. The maximum Gasteiger partial charge on any atom is 0.326 e. The number of benzene rings is 2. The van der Waals surface area contributed by atoms with Gasteiger partial charge in [-0.05, 0) is 62.4 Å². The summed E-state index contributed by atoms with van der Waals surface area (Å²) < 4.78 is 7.19. The predicted octanol–water partition coefficient (Wildman–Crippen LogP) is 6.29. The van der Waals surface area contributed by atoms with Gasteiger partial charge in [-0.15, -0.1) is 0 Å². The van der Waals surface area contributed by atoms with Crippen molar-refractivity contribution in [1.82, 2.24) is 9.47 Å². The molecule has 0 unspecified atom stereocenters. The second kappa shape index (κ2) is 9.86. The molecule has 4 rings (SSSR count). The van der Waals surface area contributed by atoms with Gasteiger partial charge in [0.05, 0.1) is 11.0 Å². The highest BCUT2D eigenvalue weighted by molar-refractivity contribution is 8.18. The van der Waals surface area contributed by atoms with Gasteiger partial charge in [0.15, 0.2) is 0 Å². The molecule has 1 aromatic heterocycles. The highest BCUT2D eigenvalue weighted by Gasteiger charge is 2.37. The van der Waals surface area contributed by atoms with Crippen LogP contribution in [0.25, 0.3) is 17.0 Å². The maximum atomic E-state index is 12.9. The second-order valence-corrected chi connectivity index (χ2v) is 9.98. The van der Waals surface area contributed by atoms with E-state index in [-0.39, 0.29) is 11.0 Å². The highest BCUT2D eigenvalue weighted by Crippen LogP contribution is 2.36. The summed E-state index contributed by atoms with van der Waals surface area (Å²) in [7, 11) is 0. The van der Waals surface area contributed by atoms with Crippen LogP contribution in [0.2, 0.25) is 10.0 Å². The van der Waals surface area contributed by atoms with Crippen molar-refractivity contribution in [3.8, 4) is 0 Å². The Morgan fingerprint density at radius 3 is 2.59 bits per heavy atom. The van der Waals surface area contributed by atoms with Crippen LogP contribution in [0.5, 0.6) is 0 Å². The smallest absolute Gasteiger partial charge is 0.326 e. The minimum absolute atomic E-state index is 0.262. The number of halogens is 2. The number of nitrogens with zero attached hydrogens (tertiary/aromatic N) is 2. The van der Waals surface area contributed by atoms with E-state index in [0.29, 0.717) is 16.6 Å². The van der Waals surface area contributed by atoms with E-state index < -0.39 is 23.7 Å². The van der Waals surface area contributed by atoms with Gasteiger partial charge < -0.3 is 9.30 Å². The molecule has 2 heterocycles. The Balaban J connectivity index is 1.70. The molecule has 1 saturated heterocycles. The number of rotatable bonds is 6. The molecule has 0 aliphatic carbocycles. The Bertz CT molecular complexity index is 1350. The first-order valence-corrected chi connectivity index (χ1v) is 12.2. The first kappa shape index (κ1) is 24.4. The quantitative estimate of drug-likeness (QED) is 0.284. The van der Waals surface area contributed by atoms with Crippen LogP contribution in [-0.4, -0.2) is 39.2 Å². The van der Waals surface area contributed by atoms with E-state index in [4.69, 9.17) is 27.9 Å². The largest absolute Gasteiger partial charge is 0.462 e. The van der Waals surface area contributed by atoms with Crippen molar-refractivity contribution in [2.75, 3.05) is 6.54 Å². The maximum absolute atomic E-state index is 12.9. The number of hydrogen-bond donors (Lipinski definition) is 0. The van der Waals surface area contributed by atoms with Gasteiger partial charge in [-0.1, -0.05) is 47.5 Å². The Hall–Kier alpha value is -2.74. The molecule has 1 aliphatic rings. The fraction of sp³-hybridized carbons (Fsp3) is 0.240. The molecule has 0 saturated carbocycles. The topological polar surface area (TPSA) is 68.6 Å². The van der Waals surface area contributed by atoms with Crippen LogP contribution in [0.4, 0.5) is 4.79 Å². The number of imide groups is 1. The van der Waals surface area contributed by atoms with Crippen molar-refractivity contribution in [2.24, 2.45) is 0 Å². The average molecular weight is 517 g/mol. The SMILES string of the molecule is Cc1c(/C=C2/SC(=O)N(CC(=O)OC(C)C)C2=O)c2ccccc2n1Cc1ccc(Cl)cc1Cl. The van der Waals surface area contributed by atoms with Gasteiger partial charge >= 0.3 is 5.97 Å². The minimum atomic E-state index is -0.619. The van der Waals surface area contributed by atoms with Gasteiger partial charge in [0, 0.05) is 38.8 Å². The molecule has 2 aromatic carbocycles. The number of ether oxygens (including phenoxy) is 1. The van der Waals surface area contributed by atoms with Gasteiger partial charge in [-0.3, -0.25) is 19.3 Å². The number of thioether (sulfide) groups is 1. The summed E-state index contributed by atoms with van der Waals surface area (Å²) in [5.74, 6) is -1.13. The Labute approximate surface area is 211 Å². The van der Waals surface area contributed by atoms with E-state index in [1.807, 2.05) is 37.3 Å². The van der Waals surface area contributed by atoms with Gasteiger partial charge in [-0.2, -0.15) is 0 Å². The van der Waals surface area contributed by atoms with Crippen LogP contribution in [-0.2, 0) is 20.9 Å². The van der Waals surface area contributed by atoms with Crippen molar-refractivity contribution < 1.29 is 19.1 Å². The molecule has 176 valence electrons. The molecule has 0 N–H and O–H groups in total. The number of carbonyl (C=O) groups excluding carboxylic acids is 3. The molecular weight excluding hydrogens is 495 g/mol. The van der Waals surface area contributed by atoms with Crippen molar-refractivity contribution >= 4 is 69.1 Å². The molecule has 0 bridgehead atoms. The summed E-state index contributed by atoms with van der Waals surface area (Å²) in [5.41, 5.74) is 3.62. The number of para-hydroxylation sites is 1. The fourth-order valence-corrected chi connectivity index (χ4v) is 5.15. The van der Waals surface area contributed by atoms with E-state index in [2.05, 4.69) is 4.57 Å². The number of carbonyl (C=O) groups is 3. The van der Waals surface area contributed by atoms with Crippen molar-refractivity contribution in [3.05, 3.63) is 74.2 Å². The monoisotopic (exact) mass is 516 g/mol. The van der Waals surface area contributed by atoms with Crippen LogP contribution < -0.4 is 0 Å². The molecule has 0 atom stereocenters. The molecular formula is C25H22Cl2N2O4S. The molecule has 6 nitrogen and oxygen atoms in total. The summed E-state index contributed by atoms with van der Waals surface area (Å²) in [6.07, 6.45) is 1.39. The first-order chi connectivity index (χ1) is 16.2. The molecule has 2 amide bonds. The van der Waals surface area contributed by atoms with Gasteiger partial charge in [0.2, 0.25) is 0 Å². The number of fused-ring (bicyclic) bond motifs is 1. The van der Waals surface area contributed by atoms with Crippen molar-refractivity contribution in [1.29, 1.82) is 0 Å². The Kier molecular flexibility index (Phi) is 7.07. The van der Waals surface area contributed by atoms with Crippen LogP contribution in [0.3, 0.4) is 0 Å². The van der Waals surface area contributed by atoms with Crippen LogP contribution in [0, 0.1) is 6.92 Å². The third-order valence-electron chi connectivity index (χ3n) is 5.43. The van der Waals surface area contributed by atoms with Crippen LogP contribution in [0.1, 0.15) is 30.7 Å². The molecule has 34 heavy (non-hydrogen) atoms. The zero-order chi connectivity index (χ0) is 24.6. The minimum Gasteiger partial charge on any atom is -0.462 e. The zero-order valence-corrected chi connectivity index (χ0v) is 21.1. The molecule has 1 aliphatic heterocycles. The van der Waals surface area contributed by atoms with E-state index in [1.54, 1.807) is 32.1 Å². The van der Waals surface area contributed by atoms with E-state index >= 15 is 0 Å². The molecule has 1 fully saturated rings. The van der Waals surface area contributed by atoms with E-state index in [9.17, 15) is 14.4 Å². The lowest BCUT2D eigenvalue weighted by Gasteiger charge is -2.13. The summed E-state index contributed by atoms with van der Waals surface area (Å²) in [6.45, 7) is 5.48. The lowest BCUT2D eigenvalue weighted by Crippen LogP contribution is -2.35. The average Bonchev–Trinajstić information content (AvgIpc) is 3.18. The summed E-state index contributed by atoms with van der Waals surface area (Å²) >= 11 is 13.3. The van der Waals surface area contributed by atoms with Crippen molar-refractivity contribution in [2.45, 2.75) is 33.4 Å². The number of aromatic nitrogens is 1. The number of hydrogen-bond acceptors (Lipinski definition) is 5. The van der Waals surface area contributed by atoms with Crippen LogP contribution >= 0.6 is 35.0 Å². The molecule has 9 heteroatoms. The van der Waals surface area contributed by atoms with Crippen LogP contribution in [0.15, 0.2) is 47.4 Å². The molecule has 0 radical (unpaired) electrons. The summed E-state index contributed by atoms with van der Waals surface area (Å²) in [6, 6.07) is 13.2. The van der Waals surface area contributed by atoms with E-state index in [1.165, 1.54) is 0 Å². The third-order valence-corrected chi connectivity index (χ3v) is 6.92. The summed E-state index contributed by atoms with van der Waals surface area (Å²) in [5, 5.41) is 1.58. The fourth-order valence-electron chi connectivity index (χ4n) is 3.86. The Morgan fingerprint density at radius 1 is 1.15 bits per heavy atom. The molecule has 3 aromatic rings. The highest BCUT2D eigenvalue weighted by atomic mass is 35.5. The predicted molar refractivity (Wildman–Crippen MR) is 136 cm³/mol. The number of esters is 1. The Morgan fingerprint density at radius 2 is 1.88 bits per heavy atom. The van der Waals surface area contributed by atoms with Gasteiger partial charge in [0.1, 0.15) is 6.54 Å². The lowest BCUT2D eigenvalue weighted by atomic mass is 10.1. The standard InChI is InChI=1S/C25H22Cl2N2O4S/c1-14(2)33-23(30)13-29-24(31)22(34-25(29)32)11-19-15(3)28(21-7-5-4-6-18(19)21)12-16-8-9-17(26)10-20(16)27/h4-11,14H,12-13H2,1-3H3/b22-11+. The first-order valence-electron chi connectivity index (χ1n) is 10.6. The third kappa shape index (κ3) is 4.87. The van der Waals surface area contributed by atoms with E-state index in [0.717, 1.165) is 44.4 Å². The normalized spacial score (nSPS) is 15.2. The summed E-state index contributed by atoms with van der Waals surface area (Å²) in [4.78, 5) is 38.6. The molecule has 0 spiro atoms. The zero-order valence-electron chi connectivity index (χ0n) is 18.8. The second-order valence-electron chi connectivity index (χ2n) is 8.14. The van der Waals surface area contributed by atoms with Gasteiger partial charge in [-0.25, -0.2) is 0 Å². The van der Waals surface area contributed by atoms with Gasteiger partial charge in [0.25, 0.3) is 11.1 Å². The van der Waals surface area contributed by atoms with Crippen molar-refractivity contribution in [3.63, 3.8) is 0 Å². The lowest BCUT2D eigenvalue weighted by molar-refractivity contribution is -0.149.